The zero-order chi connectivity index (χ0) is 16.2. The second-order valence-electron chi connectivity index (χ2n) is 5.21. The predicted molar refractivity (Wildman–Crippen MR) is 90.0 cm³/mol. The molecule has 6 heteroatoms. The highest BCUT2D eigenvalue weighted by molar-refractivity contribution is 6.07. The van der Waals surface area contributed by atoms with Gasteiger partial charge in [0.25, 0.3) is 5.91 Å². The van der Waals surface area contributed by atoms with Gasteiger partial charge in [0.05, 0.1) is 11.3 Å². The van der Waals surface area contributed by atoms with Crippen LogP contribution < -0.4 is 10.6 Å². The van der Waals surface area contributed by atoms with E-state index in [-0.39, 0.29) is 5.91 Å². The van der Waals surface area contributed by atoms with Crippen LogP contribution in [0, 0.1) is 13.8 Å². The van der Waals surface area contributed by atoms with E-state index < -0.39 is 0 Å². The number of aromatic amines is 1. The van der Waals surface area contributed by atoms with E-state index in [1.807, 2.05) is 30.3 Å². The first kappa shape index (κ1) is 14.8. The Morgan fingerprint density at radius 2 is 1.83 bits per heavy atom. The van der Waals surface area contributed by atoms with Crippen LogP contribution in [0.1, 0.15) is 21.5 Å². The van der Waals surface area contributed by atoms with Gasteiger partial charge in [-0.15, -0.1) is 0 Å². The number of nitrogens with zero attached hydrogens (tertiary/aromatic N) is 2. The molecule has 1 heterocycles. The van der Waals surface area contributed by atoms with Crippen molar-refractivity contribution < 1.29 is 4.79 Å². The number of hydrogen-bond acceptors (Lipinski definition) is 4. The molecule has 1 amide bonds. The van der Waals surface area contributed by atoms with Gasteiger partial charge in [0.1, 0.15) is 6.33 Å². The maximum atomic E-state index is 12.4. The lowest BCUT2D eigenvalue weighted by molar-refractivity contribution is 0.102. The molecule has 0 bridgehead atoms. The van der Waals surface area contributed by atoms with Crippen molar-refractivity contribution in [2.45, 2.75) is 13.8 Å². The van der Waals surface area contributed by atoms with E-state index in [1.54, 1.807) is 6.07 Å². The van der Waals surface area contributed by atoms with Crippen molar-refractivity contribution in [3.05, 3.63) is 65.5 Å². The van der Waals surface area contributed by atoms with Crippen LogP contribution in [0.3, 0.4) is 0 Å². The Hall–Kier alpha value is -3.15. The third kappa shape index (κ3) is 3.21. The lowest BCUT2D eigenvalue weighted by atomic mass is 10.1. The molecule has 3 N–H and O–H groups in total. The maximum Gasteiger partial charge on any atom is 0.260 e. The summed E-state index contributed by atoms with van der Waals surface area (Å²) in [6.07, 6.45) is 1.34. The molecule has 3 rings (SSSR count). The van der Waals surface area contributed by atoms with Crippen LogP contribution in [0.2, 0.25) is 0 Å². The van der Waals surface area contributed by atoms with Gasteiger partial charge in [0.2, 0.25) is 5.95 Å². The van der Waals surface area contributed by atoms with Gasteiger partial charge in [-0.1, -0.05) is 24.3 Å². The average molecular weight is 307 g/mol. The van der Waals surface area contributed by atoms with Crippen molar-refractivity contribution in [2.75, 3.05) is 10.6 Å². The van der Waals surface area contributed by atoms with Gasteiger partial charge >= 0.3 is 0 Å². The van der Waals surface area contributed by atoms with Crippen molar-refractivity contribution in [1.82, 2.24) is 15.2 Å². The summed E-state index contributed by atoms with van der Waals surface area (Å²) >= 11 is 0. The van der Waals surface area contributed by atoms with Crippen LogP contribution in [0.15, 0.2) is 48.8 Å². The van der Waals surface area contributed by atoms with Gasteiger partial charge in [0.15, 0.2) is 0 Å². The fourth-order valence-electron chi connectivity index (χ4n) is 2.26. The number of hydrogen-bond donors (Lipinski definition) is 3. The summed E-state index contributed by atoms with van der Waals surface area (Å²) in [4.78, 5) is 16.3. The van der Waals surface area contributed by atoms with E-state index in [9.17, 15) is 4.79 Å². The summed E-state index contributed by atoms with van der Waals surface area (Å²) in [6, 6.07) is 13.4. The van der Waals surface area contributed by atoms with Crippen LogP contribution in [-0.2, 0) is 0 Å². The summed E-state index contributed by atoms with van der Waals surface area (Å²) in [5.41, 5.74) is 4.59. The SMILES string of the molecule is Cc1cccc(Nc2ccccc2C(=O)Nc2ncn[nH]2)c1C. The van der Waals surface area contributed by atoms with Gasteiger partial charge in [-0.05, 0) is 43.2 Å². The number of carbonyl (C=O) groups is 1. The summed E-state index contributed by atoms with van der Waals surface area (Å²) in [5, 5.41) is 12.3. The summed E-state index contributed by atoms with van der Waals surface area (Å²) in [5.74, 6) is 0.0618. The minimum absolute atomic E-state index is 0.254. The van der Waals surface area contributed by atoms with Gasteiger partial charge in [-0.3, -0.25) is 10.1 Å². The molecule has 0 aliphatic carbocycles. The van der Waals surface area contributed by atoms with Crippen molar-refractivity contribution in [3.63, 3.8) is 0 Å². The lowest BCUT2D eigenvalue weighted by Gasteiger charge is -2.14. The monoisotopic (exact) mass is 307 g/mol. The highest BCUT2D eigenvalue weighted by atomic mass is 16.1. The van der Waals surface area contributed by atoms with Crippen molar-refractivity contribution in [3.8, 4) is 0 Å². The Bertz CT molecular complexity index is 827. The largest absolute Gasteiger partial charge is 0.355 e. The molecular formula is C17H17N5O. The summed E-state index contributed by atoms with van der Waals surface area (Å²) < 4.78 is 0. The molecule has 116 valence electrons. The number of anilines is 3. The standard InChI is InChI=1S/C17H17N5O/c1-11-6-5-9-14(12(11)2)20-15-8-4-3-7-13(15)16(23)21-17-18-10-19-22-17/h3-10,20H,1-2H3,(H2,18,19,21,22,23). The third-order valence-electron chi connectivity index (χ3n) is 3.69. The zero-order valence-electron chi connectivity index (χ0n) is 12.9. The number of nitrogens with one attached hydrogen (secondary N) is 3. The quantitative estimate of drug-likeness (QED) is 0.689. The second kappa shape index (κ2) is 6.31. The molecule has 0 unspecified atom stereocenters. The number of para-hydroxylation sites is 1. The summed E-state index contributed by atoms with van der Waals surface area (Å²) in [7, 11) is 0. The predicted octanol–water partition coefficient (Wildman–Crippen LogP) is 3.42. The number of carbonyl (C=O) groups excluding carboxylic acids is 1. The summed E-state index contributed by atoms with van der Waals surface area (Å²) in [6.45, 7) is 4.11. The molecule has 0 spiro atoms. The average Bonchev–Trinajstić information content (AvgIpc) is 3.05. The van der Waals surface area contributed by atoms with Crippen LogP contribution in [0.25, 0.3) is 0 Å². The van der Waals surface area contributed by atoms with Crippen LogP contribution in [0.4, 0.5) is 17.3 Å². The normalized spacial score (nSPS) is 10.3. The Balaban J connectivity index is 1.88. The Morgan fingerprint density at radius 3 is 2.61 bits per heavy atom. The van der Waals surface area contributed by atoms with E-state index in [2.05, 4.69) is 45.7 Å². The highest BCUT2D eigenvalue weighted by Gasteiger charge is 2.13. The van der Waals surface area contributed by atoms with Gasteiger partial charge in [0, 0.05) is 5.69 Å². The molecule has 23 heavy (non-hydrogen) atoms. The molecule has 0 radical (unpaired) electrons. The molecule has 1 aromatic heterocycles. The molecule has 6 nitrogen and oxygen atoms in total. The molecule has 0 saturated carbocycles. The zero-order valence-corrected chi connectivity index (χ0v) is 12.9. The molecule has 0 saturated heterocycles. The van der Waals surface area contributed by atoms with E-state index in [1.165, 1.54) is 11.9 Å². The van der Waals surface area contributed by atoms with Crippen LogP contribution >= 0.6 is 0 Å². The third-order valence-corrected chi connectivity index (χ3v) is 3.69. The Labute approximate surface area is 134 Å². The number of benzene rings is 2. The van der Waals surface area contributed by atoms with Crippen LogP contribution in [-0.4, -0.2) is 21.1 Å². The number of amides is 1. The minimum Gasteiger partial charge on any atom is -0.355 e. The topological polar surface area (TPSA) is 82.7 Å². The fourth-order valence-corrected chi connectivity index (χ4v) is 2.26. The van der Waals surface area contributed by atoms with E-state index in [4.69, 9.17) is 0 Å². The smallest absolute Gasteiger partial charge is 0.260 e. The number of rotatable bonds is 4. The van der Waals surface area contributed by atoms with Gasteiger partial charge < -0.3 is 5.32 Å². The Morgan fingerprint density at radius 1 is 1.04 bits per heavy atom. The number of H-pyrrole nitrogens is 1. The highest BCUT2D eigenvalue weighted by Crippen LogP contribution is 2.25. The van der Waals surface area contributed by atoms with E-state index in [0.29, 0.717) is 11.5 Å². The minimum atomic E-state index is -0.254. The molecule has 0 atom stereocenters. The fraction of sp³-hybridized carbons (Fsp3) is 0.118. The molecule has 2 aromatic carbocycles. The van der Waals surface area contributed by atoms with Crippen molar-refractivity contribution >= 4 is 23.2 Å². The molecular weight excluding hydrogens is 290 g/mol. The van der Waals surface area contributed by atoms with E-state index >= 15 is 0 Å². The maximum absolute atomic E-state index is 12.4. The van der Waals surface area contributed by atoms with Crippen molar-refractivity contribution in [1.29, 1.82) is 0 Å². The lowest BCUT2D eigenvalue weighted by Crippen LogP contribution is -2.15. The number of aromatic nitrogens is 3. The molecule has 0 aliphatic rings. The Kier molecular flexibility index (Phi) is 4.05. The van der Waals surface area contributed by atoms with Crippen LogP contribution in [0.5, 0.6) is 0 Å². The molecule has 0 fully saturated rings. The van der Waals surface area contributed by atoms with Gasteiger partial charge in [-0.2, -0.15) is 10.1 Å². The first-order valence-corrected chi connectivity index (χ1v) is 7.24. The van der Waals surface area contributed by atoms with E-state index in [0.717, 1.165) is 16.9 Å². The van der Waals surface area contributed by atoms with Gasteiger partial charge in [-0.25, -0.2) is 5.10 Å². The first-order chi connectivity index (χ1) is 11.1. The van der Waals surface area contributed by atoms with Crippen molar-refractivity contribution in [2.24, 2.45) is 0 Å². The number of aryl methyl sites for hydroxylation is 1. The first-order valence-electron chi connectivity index (χ1n) is 7.24. The molecule has 3 aromatic rings. The molecule has 0 aliphatic heterocycles. The second-order valence-corrected chi connectivity index (χ2v) is 5.21.